The molecule has 1 saturated heterocycles. The minimum atomic E-state index is -0.704. The fraction of sp³-hybridized carbons (Fsp3) is 0.261. The van der Waals surface area contributed by atoms with Crippen molar-refractivity contribution in [2.24, 2.45) is 0 Å². The van der Waals surface area contributed by atoms with Crippen LogP contribution in [0.5, 0.6) is 0 Å². The van der Waals surface area contributed by atoms with Gasteiger partial charge in [0.1, 0.15) is 6.10 Å². The molecule has 144 valence electrons. The average molecular weight is 376 g/mol. The number of anilines is 1. The quantitative estimate of drug-likeness (QED) is 0.687. The molecule has 0 unspecified atom stereocenters. The Hall–Kier alpha value is -2.89. The monoisotopic (exact) mass is 376 g/mol. The number of rotatable bonds is 3. The SMILES string of the molecule is CC1(C)OC[C@@H](NC(=O)Nc2cccc3ccccc23)[C@@H](c2ccccc2)O1. The summed E-state index contributed by atoms with van der Waals surface area (Å²) in [6.45, 7) is 4.14. The van der Waals surface area contributed by atoms with Crippen molar-refractivity contribution >= 4 is 22.5 Å². The number of hydrogen-bond acceptors (Lipinski definition) is 3. The number of fused-ring (bicyclic) bond motifs is 1. The first-order valence-electron chi connectivity index (χ1n) is 9.44. The van der Waals surface area contributed by atoms with Gasteiger partial charge in [0.2, 0.25) is 0 Å². The molecule has 2 N–H and O–H groups in total. The van der Waals surface area contributed by atoms with Crippen molar-refractivity contribution in [1.82, 2.24) is 5.32 Å². The van der Waals surface area contributed by atoms with Crippen LogP contribution in [0.2, 0.25) is 0 Å². The summed E-state index contributed by atoms with van der Waals surface area (Å²) in [4.78, 5) is 12.7. The third-order valence-corrected chi connectivity index (χ3v) is 4.87. The maximum absolute atomic E-state index is 12.7. The Kier molecular flexibility index (Phi) is 5.03. The third-order valence-electron chi connectivity index (χ3n) is 4.87. The van der Waals surface area contributed by atoms with Crippen molar-refractivity contribution in [3.8, 4) is 0 Å². The fourth-order valence-corrected chi connectivity index (χ4v) is 3.52. The highest BCUT2D eigenvalue weighted by molar-refractivity contribution is 6.01. The van der Waals surface area contributed by atoms with Crippen LogP contribution in [0.4, 0.5) is 10.5 Å². The number of urea groups is 1. The lowest BCUT2D eigenvalue weighted by atomic mass is 10.0. The van der Waals surface area contributed by atoms with E-state index in [9.17, 15) is 4.79 Å². The maximum Gasteiger partial charge on any atom is 0.319 e. The second-order valence-corrected chi connectivity index (χ2v) is 7.39. The van der Waals surface area contributed by atoms with Gasteiger partial charge in [0.15, 0.2) is 5.79 Å². The first-order chi connectivity index (χ1) is 13.5. The lowest BCUT2D eigenvalue weighted by Crippen LogP contribution is -2.52. The molecule has 5 nitrogen and oxygen atoms in total. The molecule has 1 aliphatic heterocycles. The molecule has 0 radical (unpaired) electrons. The summed E-state index contributed by atoms with van der Waals surface area (Å²) in [5.41, 5.74) is 1.78. The Morgan fingerprint density at radius 2 is 1.68 bits per heavy atom. The van der Waals surface area contributed by atoms with Crippen LogP contribution in [0.3, 0.4) is 0 Å². The van der Waals surface area contributed by atoms with Gasteiger partial charge in [-0.25, -0.2) is 4.79 Å². The molecular weight excluding hydrogens is 352 g/mol. The standard InChI is InChI=1S/C23H24N2O3/c1-23(2)27-15-20(21(28-23)17-10-4-3-5-11-17)25-22(26)24-19-14-8-12-16-9-6-7-13-18(16)19/h3-14,20-21H,15H2,1-2H3,(H2,24,25,26)/t20-,21-/m1/s1. The molecule has 0 saturated carbocycles. The van der Waals surface area contributed by atoms with Crippen molar-refractivity contribution in [2.45, 2.75) is 31.8 Å². The summed E-state index contributed by atoms with van der Waals surface area (Å²) in [5, 5.41) is 8.06. The van der Waals surface area contributed by atoms with Crippen LogP contribution in [0.1, 0.15) is 25.5 Å². The molecule has 3 aromatic carbocycles. The number of nitrogens with one attached hydrogen (secondary N) is 2. The smallest absolute Gasteiger partial charge is 0.319 e. The Bertz CT molecular complexity index is 967. The van der Waals surface area contributed by atoms with Gasteiger partial charge in [-0.2, -0.15) is 0 Å². The van der Waals surface area contributed by atoms with E-state index in [-0.39, 0.29) is 18.2 Å². The number of hydrogen-bond donors (Lipinski definition) is 2. The van der Waals surface area contributed by atoms with Crippen molar-refractivity contribution in [2.75, 3.05) is 11.9 Å². The van der Waals surface area contributed by atoms with Gasteiger partial charge in [0, 0.05) is 5.39 Å². The summed E-state index contributed by atoms with van der Waals surface area (Å²) in [5.74, 6) is -0.704. The molecule has 0 aliphatic carbocycles. The molecule has 1 aliphatic rings. The second kappa shape index (κ2) is 7.62. The highest BCUT2D eigenvalue weighted by Crippen LogP contribution is 2.33. The van der Waals surface area contributed by atoms with Crippen LogP contribution in [0.15, 0.2) is 72.8 Å². The zero-order chi connectivity index (χ0) is 19.6. The molecule has 2 amide bonds. The minimum absolute atomic E-state index is 0.283. The third kappa shape index (κ3) is 4.01. The summed E-state index contributed by atoms with van der Waals surface area (Å²) < 4.78 is 11.9. The van der Waals surface area contributed by atoms with Crippen LogP contribution in [0.25, 0.3) is 10.8 Å². The van der Waals surface area contributed by atoms with E-state index >= 15 is 0 Å². The summed E-state index contributed by atoms with van der Waals surface area (Å²) in [7, 11) is 0. The number of carbonyl (C=O) groups excluding carboxylic acids is 1. The number of benzene rings is 3. The summed E-state index contributed by atoms with van der Waals surface area (Å²) >= 11 is 0. The molecule has 4 rings (SSSR count). The van der Waals surface area contributed by atoms with Gasteiger partial charge in [0.05, 0.1) is 18.3 Å². The number of ether oxygens (including phenoxy) is 2. The molecule has 2 atom stereocenters. The molecule has 28 heavy (non-hydrogen) atoms. The lowest BCUT2D eigenvalue weighted by Gasteiger charge is -2.41. The van der Waals surface area contributed by atoms with E-state index < -0.39 is 5.79 Å². The molecule has 1 fully saturated rings. The zero-order valence-electron chi connectivity index (χ0n) is 16.0. The van der Waals surface area contributed by atoms with Gasteiger partial charge < -0.3 is 20.1 Å². The van der Waals surface area contributed by atoms with Gasteiger partial charge in [-0.3, -0.25) is 0 Å². The van der Waals surface area contributed by atoms with E-state index in [0.29, 0.717) is 6.61 Å². The summed E-state index contributed by atoms with van der Waals surface area (Å²) in [6, 6.07) is 23.1. The minimum Gasteiger partial charge on any atom is -0.348 e. The Labute approximate surface area is 164 Å². The Morgan fingerprint density at radius 1 is 0.964 bits per heavy atom. The van der Waals surface area contributed by atoms with Gasteiger partial charge >= 0.3 is 6.03 Å². The number of amides is 2. The normalized spacial score (nSPS) is 21.2. The molecule has 0 spiro atoms. The first kappa shape index (κ1) is 18.5. The van der Waals surface area contributed by atoms with E-state index in [1.807, 2.05) is 86.6 Å². The molecular formula is C23H24N2O3. The van der Waals surface area contributed by atoms with Crippen LogP contribution in [-0.2, 0) is 9.47 Å². The van der Waals surface area contributed by atoms with Crippen molar-refractivity contribution in [3.63, 3.8) is 0 Å². The predicted molar refractivity (Wildman–Crippen MR) is 110 cm³/mol. The topological polar surface area (TPSA) is 59.6 Å². The Morgan fingerprint density at radius 3 is 2.50 bits per heavy atom. The summed E-state index contributed by atoms with van der Waals surface area (Å²) in [6.07, 6.45) is -0.289. The Balaban J connectivity index is 1.52. The number of carbonyl (C=O) groups is 1. The molecule has 0 bridgehead atoms. The van der Waals surface area contributed by atoms with Gasteiger partial charge in [-0.05, 0) is 30.9 Å². The second-order valence-electron chi connectivity index (χ2n) is 7.39. The molecule has 0 aromatic heterocycles. The molecule has 1 heterocycles. The van der Waals surface area contributed by atoms with Crippen LogP contribution in [0, 0.1) is 0 Å². The van der Waals surface area contributed by atoms with E-state index in [1.54, 1.807) is 0 Å². The van der Waals surface area contributed by atoms with Gasteiger partial charge in [-0.15, -0.1) is 0 Å². The highest BCUT2D eigenvalue weighted by Gasteiger charge is 2.38. The fourth-order valence-electron chi connectivity index (χ4n) is 3.52. The van der Waals surface area contributed by atoms with E-state index in [2.05, 4.69) is 10.6 Å². The van der Waals surface area contributed by atoms with Crippen molar-refractivity contribution < 1.29 is 14.3 Å². The largest absolute Gasteiger partial charge is 0.348 e. The first-order valence-corrected chi connectivity index (χ1v) is 9.44. The predicted octanol–water partition coefficient (Wildman–Crippen LogP) is 4.85. The van der Waals surface area contributed by atoms with E-state index in [0.717, 1.165) is 22.0 Å². The van der Waals surface area contributed by atoms with E-state index in [1.165, 1.54) is 0 Å². The maximum atomic E-state index is 12.7. The molecule has 3 aromatic rings. The molecule has 5 heteroatoms. The van der Waals surface area contributed by atoms with Crippen LogP contribution < -0.4 is 10.6 Å². The van der Waals surface area contributed by atoms with Crippen LogP contribution in [-0.4, -0.2) is 24.5 Å². The zero-order valence-corrected chi connectivity index (χ0v) is 16.0. The lowest BCUT2D eigenvalue weighted by molar-refractivity contribution is -0.284. The van der Waals surface area contributed by atoms with Crippen molar-refractivity contribution in [3.05, 3.63) is 78.4 Å². The van der Waals surface area contributed by atoms with Gasteiger partial charge in [0.25, 0.3) is 0 Å². The van der Waals surface area contributed by atoms with E-state index in [4.69, 9.17) is 9.47 Å². The van der Waals surface area contributed by atoms with Gasteiger partial charge in [-0.1, -0.05) is 66.7 Å². The van der Waals surface area contributed by atoms with Crippen molar-refractivity contribution in [1.29, 1.82) is 0 Å². The van der Waals surface area contributed by atoms with Crippen LogP contribution >= 0.6 is 0 Å². The average Bonchev–Trinajstić information content (AvgIpc) is 2.70. The highest BCUT2D eigenvalue weighted by atomic mass is 16.7.